The van der Waals surface area contributed by atoms with Crippen molar-refractivity contribution < 1.29 is 32.6 Å². The second-order valence-corrected chi connectivity index (χ2v) is 34.9. The van der Waals surface area contributed by atoms with Gasteiger partial charge in [-0.2, -0.15) is 0 Å². The number of aliphatic hydroxyl groups excluding tert-OH is 1. The second kappa shape index (κ2) is 32.1. The zero-order valence-corrected chi connectivity index (χ0v) is 56.6. The Morgan fingerprint density at radius 3 is 1.17 bits per heavy atom. The molecule has 9 aromatic rings. The van der Waals surface area contributed by atoms with Gasteiger partial charge in [0.1, 0.15) is 17.2 Å². The first kappa shape index (κ1) is 64.4. The normalized spacial score (nSPS) is 15.8. The monoisotopic (exact) mass is 1700 g/mol. The molecule has 5 heterocycles. The zero-order chi connectivity index (χ0) is 52.7. The number of aromatic nitrogens is 3. The molecular formula is C61H72I6N5O4-. The second-order valence-electron chi connectivity index (χ2n) is 18.6. The Kier molecular flexibility index (Phi) is 27.2. The summed E-state index contributed by atoms with van der Waals surface area (Å²) in [5.74, 6) is 3.19. The summed E-state index contributed by atoms with van der Waals surface area (Å²) in [5.41, 5.74) is 20.1. The van der Waals surface area contributed by atoms with Crippen molar-refractivity contribution in [1.82, 2.24) is 25.6 Å². The van der Waals surface area contributed by atoms with Crippen molar-refractivity contribution in [2.45, 2.75) is 85.2 Å². The van der Waals surface area contributed by atoms with E-state index in [4.69, 9.17) is 19.3 Å². The number of aryl methyl sites for hydroxylation is 4. The number of nitrogens with one attached hydrogen (secondary N) is 5. The van der Waals surface area contributed by atoms with Crippen molar-refractivity contribution >= 4 is 131 Å². The average molecular weight is 1700 g/mol. The topological polar surface area (TPSA) is 119 Å². The third kappa shape index (κ3) is 15.7. The number of ether oxygens (including phenoxy) is 3. The third-order valence-corrected chi connectivity index (χ3v) is 14.0. The van der Waals surface area contributed by atoms with Gasteiger partial charge in [-0.1, -0.05) is 78.7 Å². The van der Waals surface area contributed by atoms with Gasteiger partial charge in [-0.25, -0.2) is 0 Å². The summed E-state index contributed by atoms with van der Waals surface area (Å²) in [6.45, 7) is 10.4. The maximum atomic E-state index is 7.57. The molecule has 0 fully saturated rings. The Morgan fingerprint density at radius 1 is 0.513 bits per heavy atom. The van der Waals surface area contributed by atoms with Crippen LogP contribution in [0.1, 0.15) is 112 Å². The number of hydrogen-bond donors (Lipinski definition) is 6. The van der Waals surface area contributed by atoms with E-state index < -0.39 is 0 Å². The van der Waals surface area contributed by atoms with Gasteiger partial charge in [-0.05, 0) is 166 Å². The number of halogens is 6. The van der Waals surface area contributed by atoms with E-state index in [9.17, 15) is 0 Å². The molecule has 3 atom stereocenters. The molecule has 15 heteroatoms. The first-order valence-electron chi connectivity index (χ1n) is 25.0. The van der Waals surface area contributed by atoms with Crippen LogP contribution in [0.3, 0.4) is 0 Å². The molecule has 2 aliphatic heterocycles. The quantitative estimate of drug-likeness (QED) is 0.0923. The SMILES string of the molecule is C.CCO.COc1ccc(C2NCCc3c2[nH]c2ccc(C)cc32)cc1.COc1ccc([C@@H]2CCCc3c2[nH]c2ccc(C)cc32)cc1.COc1ccc([C@@H]2NCCc3c2[nH]c2ccc(C)cc32)cc1.I.II.I[I-]I. The molecule has 9 nitrogen and oxygen atoms in total. The van der Waals surface area contributed by atoms with Crippen molar-refractivity contribution in [3.63, 3.8) is 0 Å². The van der Waals surface area contributed by atoms with E-state index in [1.54, 1.807) is 28.3 Å². The molecule has 0 amide bonds. The fourth-order valence-electron chi connectivity index (χ4n) is 10.6. The van der Waals surface area contributed by atoms with Crippen molar-refractivity contribution in [2.75, 3.05) is 41.0 Å². The van der Waals surface area contributed by atoms with Gasteiger partial charge in [0.2, 0.25) is 0 Å². The van der Waals surface area contributed by atoms with Crippen LogP contribution in [0.5, 0.6) is 17.2 Å². The fraction of sp³-hybridized carbons (Fsp3) is 0.311. The summed E-state index contributed by atoms with van der Waals surface area (Å²) in [7, 11) is 5.12. The first-order chi connectivity index (χ1) is 36.1. The summed E-state index contributed by atoms with van der Waals surface area (Å²) in [6, 6.07) is 45.7. The summed E-state index contributed by atoms with van der Waals surface area (Å²) in [6.07, 6.45) is 5.80. The summed E-state index contributed by atoms with van der Waals surface area (Å²) >= 11 is 9.54. The Balaban J connectivity index is 0.000000194. The van der Waals surface area contributed by atoms with Gasteiger partial charge in [0.15, 0.2) is 0 Å². The van der Waals surface area contributed by atoms with E-state index >= 15 is 0 Å². The van der Waals surface area contributed by atoms with Crippen molar-refractivity contribution in [1.29, 1.82) is 0 Å². The molecule has 6 N–H and O–H groups in total. The molecule has 408 valence electrons. The van der Waals surface area contributed by atoms with Crippen molar-refractivity contribution in [3.8, 4) is 17.2 Å². The third-order valence-electron chi connectivity index (χ3n) is 14.0. The molecule has 6 aromatic carbocycles. The standard InChI is InChI=1S/C20H21NO.2C19H20N2O.C2H6O.CH4.I3.I2.HI/c1-13-6-11-19-18(12-13)17-5-3-4-16(20(17)21-19)14-7-9-15(22-2)10-8-14;2*1-12-3-8-17-16(11-12)15-9-10-20-18(19(15)21-17)13-4-6-14(22-2)7-5-13;1-2-3;;1-3-2;1-2;/h6-12,16,21H,3-5H2,1-2H3;2*3-8,11,18,20-21H,9-10H2,1-2H3;3H,2H2,1H3;1H4;;;1H/q;;;;;-1;;/t16-;18-;;;;;;/m00....../s1. The van der Waals surface area contributed by atoms with Crippen LogP contribution in [0.2, 0.25) is 0 Å². The number of aliphatic hydroxyl groups is 1. The van der Waals surface area contributed by atoms with E-state index in [2.05, 4.69) is 224 Å². The molecule has 3 aliphatic rings. The number of hydrogen-bond acceptors (Lipinski definition) is 6. The Hall–Kier alpha value is -2.40. The molecule has 0 saturated carbocycles. The summed E-state index contributed by atoms with van der Waals surface area (Å²) in [4.78, 5) is 10.9. The van der Waals surface area contributed by atoms with Crippen LogP contribution >= 0.6 is 98.4 Å². The van der Waals surface area contributed by atoms with Crippen LogP contribution < -0.4 is 38.1 Å². The molecule has 0 radical (unpaired) electrons. The van der Waals surface area contributed by atoms with E-state index in [-0.39, 0.29) is 50.1 Å². The molecule has 76 heavy (non-hydrogen) atoms. The van der Waals surface area contributed by atoms with E-state index in [0.717, 1.165) is 43.2 Å². The number of fused-ring (bicyclic) bond motifs is 9. The van der Waals surface area contributed by atoms with Crippen LogP contribution in [-0.2, 0) is 19.3 Å². The van der Waals surface area contributed by atoms with Gasteiger partial charge >= 0.3 is 50.5 Å². The van der Waals surface area contributed by atoms with E-state index in [0.29, 0.717) is 19.2 Å². The molecule has 0 spiro atoms. The minimum absolute atomic E-state index is 0. The summed E-state index contributed by atoms with van der Waals surface area (Å²) in [5, 5.41) is 19.0. The number of methoxy groups -OCH3 is 3. The predicted octanol–water partition coefficient (Wildman–Crippen LogP) is 14.2. The van der Waals surface area contributed by atoms with Crippen LogP contribution in [0.4, 0.5) is 0 Å². The van der Waals surface area contributed by atoms with E-state index in [1.807, 2.05) is 24.3 Å². The Morgan fingerprint density at radius 2 is 0.829 bits per heavy atom. The zero-order valence-electron chi connectivity index (χ0n) is 43.5. The minimum atomic E-state index is 0. The van der Waals surface area contributed by atoms with Crippen LogP contribution in [0, 0.1) is 20.8 Å². The molecule has 0 bridgehead atoms. The van der Waals surface area contributed by atoms with Gasteiger partial charge in [-0.15, -0.1) is 24.0 Å². The number of rotatable bonds is 6. The average Bonchev–Trinajstić information content (AvgIpc) is 4.13. The van der Waals surface area contributed by atoms with Gasteiger partial charge in [0.25, 0.3) is 0 Å². The van der Waals surface area contributed by atoms with Crippen LogP contribution in [0.15, 0.2) is 127 Å². The maximum absolute atomic E-state index is 7.57. The van der Waals surface area contributed by atoms with Gasteiger partial charge in [-0.3, -0.25) is 0 Å². The number of aromatic amines is 3. The van der Waals surface area contributed by atoms with Crippen molar-refractivity contribution in [3.05, 3.63) is 195 Å². The molecule has 3 aromatic heterocycles. The molecule has 1 unspecified atom stereocenters. The number of benzene rings is 6. The summed E-state index contributed by atoms with van der Waals surface area (Å²) < 4.78 is 15.8. The fourth-order valence-corrected chi connectivity index (χ4v) is 10.6. The molecular weight excluding hydrogens is 1630 g/mol. The van der Waals surface area contributed by atoms with Gasteiger partial charge in [0, 0.05) is 113 Å². The van der Waals surface area contributed by atoms with Crippen LogP contribution in [-0.4, -0.2) is 61.1 Å². The molecule has 1 aliphatic carbocycles. The molecule has 0 saturated heterocycles. The van der Waals surface area contributed by atoms with Gasteiger partial charge < -0.3 is 44.9 Å². The van der Waals surface area contributed by atoms with Crippen LogP contribution in [0.25, 0.3) is 32.7 Å². The molecule has 12 rings (SSSR count). The van der Waals surface area contributed by atoms with E-state index in [1.165, 1.54) is 119 Å². The first-order valence-corrected chi connectivity index (χ1v) is 43.8. The van der Waals surface area contributed by atoms with Crippen molar-refractivity contribution in [2.24, 2.45) is 0 Å². The Bertz CT molecular complexity index is 2850. The number of H-pyrrole nitrogens is 3. The predicted molar refractivity (Wildman–Crippen MR) is 361 cm³/mol. The van der Waals surface area contributed by atoms with Gasteiger partial charge in [0.05, 0.1) is 33.4 Å². The Labute approximate surface area is 520 Å².